The number of nitrogens with two attached hydrogens (primary N) is 1. The molecule has 0 spiro atoms. The van der Waals surface area contributed by atoms with E-state index in [4.69, 9.17) is 10.5 Å². The van der Waals surface area contributed by atoms with Gasteiger partial charge in [0.1, 0.15) is 0 Å². The molecule has 1 saturated heterocycles. The van der Waals surface area contributed by atoms with Crippen LogP contribution in [0.3, 0.4) is 0 Å². The van der Waals surface area contributed by atoms with Crippen LogP contribution < -0.4 is 11.1 Å². The predicted octanol–water partition coefficient (Wildman–Crippen LogP) is 1.61. The minimum atomic E-state index is 0. The average molecular weight is 277 g/mol. The van der Waals surface area contributed by atoms with Crippen molar-refractivity contribution in [2.45, 2.75) is 63.6 Å². The minimum Gasteiger partial charge on any atom is -0.378 e. The van der Waals surface area contributed by atoms with Crippen LogP contribution in [-0.4, -0.2) is 30.7 Å². The molecule has 1 amide bonds. The van der Waals surface area contributed by atoms with Crippen molar-refractivity contribution >= 4 is 18.3 Å². The molecule has 0 bridgehead atoms. The third kappa shape index (κ3) is 4.11. The number of carbonyl (C=O) groups is 1. The molecule has 1 aliphatic heterocycles. The Labute approximate surface area is 115 Å². The lowest BCUT2D eigenvalue weighted by molar-refractivity contribution is -0.122. The van der Waals surface area contributed by atoms with Gasteiger partial charge in [0.15, 0.2) is 0 Å². The summed E-state index contributed by atoms with van der Waals surface area (Å²) in [6.45, 7) is 2.80. The quantitative estimate of drug-likeness (QED) is 0.820. The lowest BCUT2D eigenvalue weighted by atomic mass is 9.82. The number of halogens is 1. The minimum absolute atomic E-state index is 0. The highest BCUT2D eigenvalue weighted by molar-refractivity contribution is 5.85. The van der Waals surface area contributed by atoms with Gasteiger partial charge in [0.05, 0.1) is 6.10 Å². The average Bonchev–Trinajstić information content (AvgIpc) is 2.75. The van der Waals surface area contributed by atoms with Crippen molar-refractivity contribution in [3.63, 3.8) is 0 Å². The van der Waals surface area contributed by atoms with E-state index in [-0.39, 0.29) is 24.4 Å². The molecule has 18 heavy (non-hydrogen) atoms. The number of nitrogens with one attached hydrogen (secondary N) is 1. The number of rotatable bonds is 4. The van der Waals surface area contributed by atoms with E-state index >= 15 is 0 Å². The molecular weight excluding hydrogens is 252 g/mol. The lowest BCUT2D eigenvalue weighted by Crippen LogP contribution is -2.45. The van der Waals surface area contributed by atoms with E-state index in [1.807, 2.05) is 6.92 Å². The first kappa shape index (κ1) is 15.7. The fourth-order valence-electron chi connectivity index (χ4n) is 2.99. The predicted molar refractivity (Wildman–Crippen MR) is 73.8 cm³/mol. The maximum absolute atomic E-state index is 11.8. The largest absolute Gasteiger partial charge is 0.378 e. The van der Waals surface area contributed by atoms with E-state index in [1.54, 1.807) is 0 Å². The zero-order valence-corrected chi connectivity index (χ0v) is 11.9. The van der Waals surface area contributed by atoms with E-state index in [2.05, 4.69) is 5.32 Å². The van der Waals surface area contributed by atoms with E-state index in [1.165, 1.54) is 6.42 Å². The summed E-state index contributed by atoms with van der Waals surface area (Å²) in [5.74, 6) is 0.697. The van der Waals surface area contributed by atoms with E-state index in [0.29, 0.717) is 24.5 Å². The van der Waals surface area contributed by atoms with Crippen LogP contribution in [0.15, 0.2) is 0 Å². The van der Waals surface area contributed by atoms with Gasteiger partial charge in [0, 0.05) is 31.0 Å². The summed E-state index contributed by atoms with van der Waals surface area (Å²) in [7, 11) is 0. The van der Waals surface area contributed by atoms with Crippen LogP contribution in [0.5, 0.6) is 0 Å². The Hall–Kier alpha value is -0.320. The number of carbonyl (C=O) groups excluding carboxylic acids is 1. The van der Waals surface area contributed by atoms with Crippen LogP contribution in [0.4, 0.5) is 0 Å². The van der Waals surface area contributed by atoms with Crippen LogP contribution in [-0.2, 0) is 9.53 Å². The molecule has 0 aromatic heterocycles. The summed E-state index contributed by atoms with van der Waals surface area (Å²) in [6, 6.07) is 0.437. The molecule has 0 aromatic rings. The van der Waals surface area contributed by atoms with Gasteiger partial charge < -0.3 is 15.8 Å². The summed E-state index contributed by atoms with van der Waals surface area (Å²) < 4.78 is 5.70. The Morgan fingerprint density at radius 1 is 1.44 bits per heavy atom. The Bertz CT molecular complexity index is 274. The smallest absolute Gasteiger partial charge is 0.220 e. The fourth-order valence-corrected chi connectivity index (χ4v) is 2.99. The first-order valence-electron chi connectivity index (χ1n) is 6.83. The van der Waals surface area contributed by atoms with Gasteiger partial charge in [0.2, 0.25) is 5.91 Å². The van der Waals surface area contributed by atoms with Gasteiger partial charge in [-0.25, -0.2) is 0 Å². The summed E-state index contributed by atoms with van der Waals surface area (Å²) in [5, 5.41) is 3.17. The van der Waals surface area contributed by atoms with Crippen molar-refractivity contribution in [1.82, 2.24) is 5.32 Å². The second-order valence-electron chi connectivity index (χ2n) is 5.48. The number of ether oxygens (including phenoxy) is 1. The molecule has 3 N–H and O–H groups in total. The van der Waals surface area contributed by atoms with Crippen molar-refractivity contribution < 1.29 is 9.53 Å². The molecule has 1 saturated carbocycles. The molecule has 2 rings (SSSR count). The maximum Gasteiger partial charge on any atom is 0.220 e. The van der Waals surface area contributed by atoms with Crippen molar-refractivity contribution in [2.75, 3.05) is 6.61 Å². The van der Waals surface area contributed by atoms with Crippen LogP contribution in [0.1, 0.15) is 45.4 Å². The Balaban J connectivity index is 0.00000162. The molecule has 0 radical (unpaired) electrons. The third-order valence-corrected chi connectivity index (χ3v) is 3.95. The third-order valence-electron chi connectivity index (χ3n) is 3.95. The van der Waals surface area contributed by atoms with Gasteiger partial charge in [0.25, 0.3) is 0 Å². The van der Waals surface area contributed by atoms with Crippen LogP contribution in [0.2, 0.25) is 0 Å². The van der Waals surface area contributed by atoms with Crippen molar-refractivity contribution in [3.8, 4) is 0 Å². The normalized spacial score (nSPS) is 32.2. The molecule has 4 atom stereocenters. The van der Waals surface area contributed by atoms with Gasteiger partial charge in [-0.05, 0) is 39.0 Å². The molecule has 2 fully saturated rings. The first-order chi connectivity index (χ1) is 8.16. The Morgan fingerprint density at radius 3 is 2.94 bits per heavy atom. The lowest BCUT2D eigenvalue weighted by Gasteiger charge is -2.33. The van der Waals surface area contributed by atoms with Gasteiger partial charge in [-0.1, -0.05) is 0 Å². The van der Waals surface area contributed by atoms with Crippen LogP contribution in [0, 0.1) is 5.92 Å². The number of hydrogen-bond donors (Lipinski definition) is 2. The first-order valence-corrected chi connectivity index (χ1v) is 6.83. The van der Waals surface area contributed by atoms with Gasteiger partial charge in [-0.15, -0.1) is 12.4 Å². The van der Waals surface area contributed by atoms with E-state index in [0.717, 1.165) is 32.3 Å². The van der Waals surface area contributed by atoms with Gasteiger partial charge in [-0.3, -0.25) is 4.79 Å². The van der Waals surface area contributed by atoms with Crippen LogP contribution >= 0.6 is 12.4 Å². The Kier molecular flexibility index (Phi) is 6.39. The SMILES string of the molecule is CC(N)CCC(=O)NC1CCCC2OCCC12.Cl. The number of amides is 1. The molecule has 0 aromatic carbocycles. The number of hydrogen-bond acceptors (Lipinski definition) is 3. The molecule has 5 heteroatoms. The molecule has 1 heterocycles. The molecule has 2 aliphatic rings. The molecular formula is C13H25ClN2O2. The topological polar surface area (TPSA) is 64.4 Å². The number of fused-ring (bicyclic) bond motifs is 1. The van der Waals surface area contributed by atoms with Gasteiger partial charge in [-0.2, -0.15) is 0 Å². The second kappa shape index (κ2) is 7.31. The van der Waals surface area contributed by atoms with Crippen LogP contribution in [0.25, 0.3) is 0 Å². The summed E-state index contributed by atoms with van der Waals surface area (Å²) in [4.78, 5) is 11.8. The van der Waals surface area contributed by atoms with Crippen molar-refractivity contribution in [1.29, 1.82) is 0 Å². The maximum atomic E-state index is 11.8. The highest BCUT2D eigenvalue weighted by Crippen LogP contribution is 2.34. The van der Waals surface area contributed by atoms with E-state index in [9.17, 15) is 4.79 Å². The highest BCUT2D eigenvalue weighted by Gasteiger charge is 2.38. The van der Waals surface area contributed by atoms with Crippen molar-refractivity contribution in [3.05, 3.63) is 0 Å². The zero-order chi connectivity index (χ0) is 12.3. The summed E-state index contributed by atoms with van der Waals surface area (Å²) in [6.07, 6.45) is 6.24. The zero-order valence-electron chi connectivity index (χ0n) is 11.1. The summed E-state index contributed by atoms with van der Waals surface area (Å²) in [5.41, 5.74) is 5.66. The monoisotopic (exact) mass is 276 g/mol. The highest BCUT2D eigenvalue weighted by atomic mass is 35.5. The molecule has 4 unspecified atom stereocenters. The molecule has 1 aliphatic carbocycles. The second-order valence-corrected chi connectivity index (χ2v) is 5.48. The Morgan fingerprint density at radius 2 is 2.22 bits per heavy atom. The fraction of sp³-hybridized carbons (Fsp3) is 0.923. The molecule has 106 valence electrons. The molecule has 4 nitrogen and oxygen atoms in total. The van der Waals surface area contributed by atoms with Crippen molar-refractivity contribution in [2.24, 2.45) is 11.7 Å². The van der Waals surface area contributed by atoms with E-state index < -0.39 is 0 Å². The standard InChI is InChI=1S/C13H24N2O2.ClH/c1-9(14)5-6-13(16)15-11-3-2-4-12-10(11)7-8-17-12;/h9-12H,2-8,14H2,1H3,(H,15,16);1H. The summed E-state index contributed by atoms with van der Waals surface area (Å²) >= 11 is 0. The van der Waals surface area contributed by atoms with Gasteiger partial charge >= 0.3 is 0 Å².